The molecule has 1 fully saturated rings. The SMILES string of the molecule is Cn1ccnc1CN(C(=O)C[C@H](NC(N)=O)c1cccs1)C1CC1. The molecule has 0 saturated heterocycles. The molecular formula is C16H21N5O2S. The van der Waals surface area contributed by atoms with Gasteiger partial charge in [0.25, 0.3) is 0 Å². The van der Waals surface area contributed by atoms with Gasteiger partial charge in [-0.25, -0.2) is 9.78 Å². The van der Waals surface area contributed by atoms with Gasteiger partial charge in [-0.1, -0.05) is 6.07 Å². The van der Waals surface area contributed by atoms with Crippen molar-refractivity contribution in [3.05, 3.63) is 40.6 Å². The Kier molecular flexibility index (Phi) is 4.84. The zero-order valence-corrected chi connectivity index (χ0v) is 14.3. The molecule has 0 spiro atoms. The molecule has 1 aliphatic rings. The number of thiophene rings is 1. The maximum absolute atomic E-state index is 12.9. The van der Waals surface area contributed by atoms with Gasteiger partial charge < -0.3 is 20.5 Å². The number of hydrogen-bond acceptors (Lipinski definition) is 4. The molecule has 8 heteroatoms. The number of urea groups is 1. The Labute approximate surface area is 144 Å². The summed E-state index contributed by atoms with van der Waals surface area (Å²) in [7, 11) is 1.92. The summed E-state index contributed by atoms with van der Waals surface area (Å²) < 4.78 is 1.92. The number of amides is 3. The Balaban J connectivity index is 1.72. The summed E-state index contributed by atoms with van der Waals surface area (Å²) in [6.45, 7) is 0.487. The number of nitrogens with zero attached hydrogens (tertiary/aromatic N) is 3. The average Bonchev–Trinajstić information content (AvgIpc) is 3.06. The molecule has 0 aromatic carbocycles. The molecule has 0 bridgehead atoms. The second-order valence-electron chi connectivity index (χ2n) is 5.99. The molecule has 3 N–H and O–H groups in total. The second kappa shape index (κ2) is 7.04. The molecular weight excluding hydrogens is 326 g/mol. The van der Waals surface area contributed by atoms with Crippen LogP contribution in [-0.2, 0) is 18.4 Å². The summed E-state index contributed by atoms with van der Waals surface area (Å²) in [6, 6.07) is 3.05. The van der Waals surface area contributed by atoms with Crippen LogP contribution in [0.1, 0.15) is 36.0 Å². The Morgan fingerprint density at radius 1 is 1.54 bits per heavy atom. The maximum Gasteiger partial charge on any atom is 0.312 e. The molecule has 3 amide bonds. The lowest BCUT2D eigenvalue weighted by Gasteiger charge is -2.25. The number of rotatable bonds is 7. The highest BCUT2D eigenvalue weighted by molar-refractivity contribution is 7.10. The second-order valence-corrected chi connectivity index (χ2v) is 6.97. The number of carbonyl (C=O) groups excluding carboxylic acids is 2. The quantitative estimate of drug-likeness (QED) is 0.799. The van der Waals surface area contributed by atoms with Gasteiger partial charge in [0, 0.05) is 30.4 Å². The van der Waals surface area contributed by atoms with Crippen molar-refractivity contribution in [2.24, 2.45) is 12.8 Å². The van der Waals surface area contributed by atoms with Crippen LogP contribution in [0, 0.1) is 0 Å². The zero-order chi connectivity index (χ0) is 17.1. The molecule has 128 valence electrons. The number of hydrogen-bond donors (Lipinski definition) is 2. The van der Waals surface area contributed by atoms with Crippen molar-refractivity contribution in [2.75, 3.05) is 0 Å². The van der Waals surface area contributed by atoms with Crippen molar-refractivity contribution in [1.29, 1.82) is 0 Å². The van der Waals surface area contributed by atoms with Gasteiger partial charge in [0.2, 0.25) is 5.91 Å². The fourth-order valence-corrected chi connectivity index (χ4v) is 3.46. The van der Waals surface area contributed by atoms with E-state index in [-0.39, 0.29) is 18.4 Å². The largest absolute Gasteiger partial charge is 0.352 e. The summed E-state index contributed by atoms with van der Waals surface area (Å²) in [5, 5.41) is 4.60. The third-order valence-corrected chi connectivity index (χ3v) is 5.11. The van der Waals surface area contributed by atoms with Crippen molar-refractivity contribution >= 4 is 23.3 Å². The van der Waals surface area contributed by atoms with Gasteiger partial charge in [-0.2, -0.15) is 0 Å². The molecule has 0 aliphatic heterocycles. The average molecular weight is 347 g/mol. The van der Waals surface area contributed by atoms with Crippen molar-refractivity contribution in [2.45, 2.75) is 37.9 Å². The third-order valence-electron chi connectivity index (χ3n) is 4.12. The number of aromatic nitrogens is 2. The molecule has 2 aromatic heterocycles. The molecule has 1 atom stereocenters. The van der Waals surface area contributed by atoms with E-state index in [1.54, 1.807) is 6.20 Å². The van der Waals surface area contributed by atoms with Crippen LogP contribution in [0.5, 0.6) is 0 Å². The van der Waals surface area contributed by atoms with E-state index in [1.807, 2.05) is 40.2 Å². The minimum atomic E-state index is -0.622. The number of primary amides is 1. The van der Waals surface area contributed by atoms with Crippen LogP contribution in [0.3, 0.4) is 0 Å². The van der Waals surface area contributed by atoms with Gasteiger partial charge >= 0.3 is 6.03 Å². The zero-order valence-electron chi connectivity index (χ0n) is 13.5. The summed E-state index contributed by atoms with van der Waals surface area (Å²) >= 11 is 1.50. The summed E-state index contributed by atoms with van der Waals surface area (Å²) in [6.07, 6.45) is 5.83. The maximum atomic E-state index is 12.9. The van der Waals surface area contributed by atoms with E-state index < -0.39 is 12.1 Å². The van der Waals surface area contributed by atoms with E-state index in [0.717, 1.165) is 23.5 Å². The van der Waals surface area contributed by atoms with Crippen molar-refractivity contribution in [3.8, 4) is 0 Å². The van der Waals surface area contributed by atoms with E-state index in [2.05, 4.69) is 10.3 Å². The fourth-order valence-electron chi connectivity index (χ4n) is 2.68. The van der Waals surface area contributed by atoms with Gasteiger partial charge in [0.1, 0.15) is 5.82 Å². The molecule has 2 heterocycles. The molecule has 2 aromatic rings. The number of nitrogens with one attached hydrogen (secondary N) is 1. The van der Waals surface area contributed by atoms with E-state index >= 15 is 0 Å². The first kappa shape index (κ1) is 16.5. The van der Waals surface area contributed by atoms with E-state index in [4.69, 9.17) is 5.73 Å². The molecule has 0 radical (unpaired) electrons. The van der Waals surface area contributed by atoms with Crippen LogP contribution in [0.15, 0.2) is 29.9 Å². The lowest BCUT2D eigenvalue weighted by molar-refractivity contribution is -0.133. The monoisotopic (exact) mass is 347 g/mol. The smallest absolute Gasteiger partial charge is 0.312 e. The van der Waals surface area contributed by atoms with Crippen LogP contribution in [0.2, 0.25) is 0 Å². The minimum absolute atomic E-state index is 0.00708. The third kappa shape index (κ3) is 3.94. The Hall–Kier alpha value is -2.35. The van der Waals surface area contributed by atoms with Crippen LogP contribution < -0.4 is 11.1 Å². The highest BCUT2D eigenvalue weighted by Crippen LogP contribution is 2.31. The van der Waals surface area contributed by atoms with Gasteiger partial charge in [-0.05, 0) is 24.3 Å². The molecule has 24 heavy (non-hydrogen) atoms. The fraction of sp³-hybridized carbons (Fsp3) is 0.438. The van der Waals surface area contributed by atoms with Crippen molar-refractivity contribution in [3.63, 3.8) is 0 Å². The van der Waals surface area contributed by atoms with E-state index in [9.17, 15) is 9.59 Å². The van der Waals surface area contributed by atoms with Gasteiger partial charge in [0.05, 0.1) is 19.0 Å². The number of imidazole rings is 1. The standard InChI is InChI=1S/C16H21N5O2S/c1-20-7-6-18-14(20)10-21(11-4-5-11)15(22)9-12(19-16(17)23)13-3-2-8-24-13/h2-3,6-8,11-12H,4-5,9-10H2,1H3,(H3,17,19,23)/t12-/m0/s1. The molecule has 1 aliphatic carbocycles. The van der Waals surface area contributed by atoms with Crippen molar-refractivity contribution in [1.82, 2.24) is 19.8 Å². The van der Waals surface area contributed by atoms with Crippen molar-refractivity contribution < 1.29 is 9.59 Å². The normalized spacial score (nSPS) is 15.0. The number of aryl methyl sites for hydroxylation is 1. The topological polar surface area (TPSA) is 93.2 Å². The molecule has 1 saturated carbocycles. The molecule has 7 nitrogen and oxygen atoms in total. The van der Waals surface area contributed by atoms with Gasteiger partial charge in [-0.15, -0.1) is 11.3 Å². The minimum Gasteiger partial charge on any atom is -0.352 e. The highest BCUT2D eigenvalue weighted by Gasteiger charge is 2.34. The lowest BCUT2D eigenvalue weighted by atomic mass is 10.1. The lowest BCUT2D eigenvalue weighted by Crippen LogP contribution is -2.39. The van der Waals surface area contributed by atoms with E-state index in [1.165, 1.54) is 11.3 Å². The Morgan fingerprint density at radius 2 is 2.33 bits per heavy atom. The van der Waals surface area contributed by atoms with Crippen LogP contribution >= 0.6 is 11.3 Å². The first-order chi connectivity index (χ1) is 11.5. The first-order valence-electron chi connectivity index (χ1n) is 7.89. The predicted octanol–water partition coefficient (Wildman–Crippen LogP) is 1.77. The van der Waals surface area contributed by atoms with E-state index in [0.29, 0.717) is 6.54 Å². The number of nitrogens with two attached hydrogens (primary N) is 1. The molecule has 3 rings (SSSR count). The summed E-state index contributed by atoms with van der Waals surface area (Å²) in [5.74, 6) is 0.860. The van der Waals surface area contributed by atoms with Crippen LogP contribution in [0.25, 0.3) is 0 Å². The number of carbonyl (C=O) groups is 2. The van der Waals surface area contributed by atoms with Crippen LogP contribution in [-0.4, -0.2) is 32.4 Å². The summed E-state index contributed by atoms with van der Waals surface area (Å²) in [5.41, 5.74) is 5.27. The first-order valence-corrected chi connectivity index (χ1v) is 8.77. The van der Waals surface area contributed by atoms with Crippen LogP contribution in [0.4, 0.5) is 4.79 Å². The highest BCUT2D eigenvalue weighted by atomic mass is 32.1. The van der Waals surface area contributed by atoms with Gasteiger partial charge in [-0.3, -0.25) is 4.79 Å². The summed E-state index contributed by atoms with van der Waals surface area (Å²) in [4.78, 5) is 31.2. The van der Waals surface area contributed by atoms with Gasteiger partial charge in [0.15, 0.2) is 0 Å². The Morgan fingerprint density at radius 3 is 2.88 bits per heavy atom. The molecule has 0 unspecified atom stereocenters. The predicted molar refractivity (Wildman–Crippen MR) is 91.2 cm³/mol. The Bertz CT molecular complexity index is 708.